The second-order valence-electron chi connectivity index (χ2n) is 7.81. The lowest BCUT2D eigenvalue weighted by Crippen LogP contribution is -2.26. The van der Waals surface area contributed by atoms with E-state index in [-0.39, 0.29) is 24.0 Å². The van der Waals surface area contributed by atoms with E-state index in [0.717, 1.165) is 17.4 Å². The smallest absolute Gasteiger partial charge is 0.337 e. The van der Waals surface area contributed by atoms with Crippen molar-refractivity contribution in [3.8, 4) is 22.6 Å². The van der Waals surface area contributed by atoms with Crippen molar-refractivity contribution in [3.63, 3.8) is 0 Å². The third kappa shape index (κ3) is 7.71. The van der Waals surface area contributed by atoms with Crippen molar-refractivity contribution in [2.75, 3.05) is 37.8 Å². The SMILES string of the molecule is COC(=O)c1ccc(-c2ccc(OCCNC[C@H](O)c3ccc(O)c(NS(C)(=O)=O)c3)cc2)cc1. The number of carbonyl (C=O) groups excluding carboxylic acids is 1. The minimum atomic E-state index is -3.56. The number of aromatic hydroxyl groups is 1. The number of hydrogen-bond donors (Lipinski definition) is 4. The number of aliphatic hydroxyl groups excluding tert-OH is 1. The number of phenols is 1. The van der Waals surface area contributed by atoms with Crippen LogP contribution in [0.15, 0.2) is 66.7 Å². The lowest BCUT2D eigenvalue weighted by atomic mass is 10.0. The molecule has 3 rings (SSSR count). The van der Waals surface area contributed by atoms with Crippen LogP contribution >= 0.6 is 0 Å². The number of benzene rings is 3. The Kier molecular flexibility index (Phi) is 8.69. The van der Waals surface area contributed by atoms with Crippen molar-refractivity contribution >= 4 is 21.7 Å². The molecule has 0 unspecified atom stereocenters. The highest BCUT2D eigenvalue weighted by Gasteiger charge is 2.13. The molecule has 0 saturated carbocycles. The Bertz CT molecular complexity index is 1240. The quantitative estimate of drug-likeness (QED) is 0.179. The predicted octanol–water partition coefficient (Wildman–Crippen LogP) is 2.92. The van der Waals surface area contributed by atoms with E-state index in [0.29, 0.717) is 30.0 Å². The zero-order chi connectivity index (χ0) is 25.4. The molecule has 0 amide bonds. The van der Waals surface area contributed by atoms with Crippen LogP contribution in [-0.2, 0) is 14.8 Å². The van der Waals surface area contributed by atoms with Crippen molar-refractivity contribution in [1.29, 1.82) is 0 Å². The average molecular weight is 501 g/mol. The zero-order valence-electron chi connectivity index (χ0n) is 19.4. The molecule has 3 aromatic rings. The van der Waals surface area contributed by atoms with Crippen LogP contribution in [-0.4, -0.2) is 57.7 Å². The first-order valence-electron chi connectivity index (χ1n) is 10.8. The monoisotopic (exact) mass is 500 g/mol. The van der Waals surface area contributed by atoms with Crippen molar-refractivity contribution in [3.05, 3.63) is 77.9 Å². The van der Waals surface area contributed by atoms with E-state index < -0.39 is 16.1 Å². The van der Waals surface area contributed by atoms with Crippen LogP contribution in [0.2, 0.25) is 0 Å². The number of nitrogens with one attached hydrogen (secondary N) is 2. The largest absolute Gasteiger partial charge is 0.506 e. The minimum absolute atomic E-state index is 0.00948. The highest BCUT2D eigenvalue weighted by molar-refractivity contribution is 7.92. The summed E-state index contributed by atoms with van der Waals surface area (Å²) in [5, 5.41) is 23.2. The number of carbonyl (C=O) groups is 1. The van der Waals surface area contributed by atoms with E-state index in [2.05, 4.69) is 10.0 Å². The molecular weight excluding hydrogens is 472 g/mol. The van der Waals surface area contributed by atoms with Gasteiger partial charge < -0.3 is 25.0 Å². The molecule has 35 heavy (non-hydrogen) atoms. The third-order valence-corrected chi connectivity index (χ3v) is 5.67. The molecule has 0 aliphatic heterocycles. The van der Waals surface area contributed by atoms with Gasteiger partial charge in [-0.25, -0.2) is 13.2 Å². The van der Waals surface area contributed by atoms with Gasteiger partial charge in [0.25, 0.3) is 0 Å². The van der Waals surface area contributed by atoms with Crippen LogP contribution < -0.4 is 14.8 Å². The number of ether oxygens (including phenoxy) is 2. The molecule has 10 heteroatoms. The van der Waals surface area contributed by atoms with Crippen LogP contribution in [0.3, 0.4) is 0 Å². The summed E-state index contributed by atoms with van der Waals surface area (Å²) < 4.78 is 35.5. The van der Waals surface area contributed by atoms with Crippen LogP contribution in [0, 0.1) is 0 Å². The zero-order valence-corrected chi connectivity index (χ0v) is 20.2. The molecule has 3 aromatic carbocycles. The third-order valence-electron chi connectivity index (χ3n) is 5.08. The Morgan fingerprint density at radius 1 is 1.00 bits per heavy atom. The van der Waals surface area contributed by atoms with Gasteiger partial charge in [0.15, 0.2) is 0 Å². The number of anilines is 1. The van der Waals surface area contributed by atoms with E-state index in [9.17, 15) is 23.4 Å². The van der Waals surface area contributed by atoms with Gasteiger partial charge in [0.2, 0.25) is 10.0 Å². The Labute approximate surface area is 204 Å². The Morgan fingerprint density at radius 2 is 1.63 bits per heavy atom. The Hall–Kier alpha value is -3.60. The number of methoxy groups -OCH3 is 1. The second kappa shape index (κ2) is 11.7. The predicted molar refractivity (Wildman–Crippen MR) is 133 cm³/mol. The van der Waals surface area contributed by atoms with Gasteiger partial charge in [0, 0.05) is 13.1 Å². The van der Waals surface area contributed by atoms with Crippen molar-refractivity contribution < 1.29 is 32.9 Å². The highest BCUT2D eigenvalue weighted by Crippen LogP contribution is 2.28. The maximum Gasteiger partial charge on any atom is 0.337 e. The van der Waals surface area contributed by atoms with Crippen molar-refractivity contribution in [1.82, 2.24) is 5.32 Å². The van der Waals surface area contributed by atoms with Gasteiger partial charge in [-0.05, 0) is 53.1 Å². The maximum absolute atomic E-state index is 11.5. The fourth-order valence-electron chi connectivity index (χ4n) is 3.30. The molecule has 0 aliphatic rings. The molecule has 9 nitrogen and oxygen atoms in total. The fraction of sp³-hybridized carbons (Fsp3) is 0.240. The Balaban J connectivity index is 1.45. The van der Waals surface area contributed by atoms with Crippen LogP contribution in [0.1, 0.15) is 22.0 Å². The number of hydrogen-bond acceptors (Lipinski definition) is 8. The molecule has 0 aliphatic carbocycles. The molecule has 4 N–H and O–H groups in total. The van der Waals surface area contributed by atoms with E-state index in [1.165, 1.54) is 25.3 Å². The second-order valence-corrected chi connectivity index (χ2v) is 9.56. The Morgan fingerprint density at radius 3 is 2.23 bits per heavy atom. The minimum Gasteiger partial charge on any atom is -0.506 e. The van der Waals surface area contributed by atoms with E-state index >= 15 is 0 Å². The molecule has 0 spiro atoms. The molecule has 0 radical (unpaired) electrons. The number of sulfonamides is 1. The molecular formula is C25H28N2O7S. The summed E-state index contributed by atoms with van der Waals surface area (Å²) in [6.45, 7) is 1.06. The normalized spacial score (nSPS) is 12.1. The van der Waals surface area contributed by atoms with Gasteiger partial charge in [-0.1, -0.05) is 30.3 Å². The molecule has 0 heterocycles. The first-order chi connectivity index (χ1) is 16.7. The summed E-state index contributed by atoms with van der Waals surface area (Å²) in [5.41, 5.74) is 2.90. The summed E-state index contributed by atoms with van der Waals surface area (Å²) in [7, 11) is -2.21. The van der Waals surface area contributed by atoms with Gasteiger partial charge in [-0.15, -0.1) is 0 Å². The number of aliphatic hydroxyl groups is 1. The van der Waals surface area contributed by atoms with E-state index in [4.69, 9.17) is 9.47 Å². The number of rotatable bonds is 11. The lowest BCUT2D eigenvalue weighted by molar-refractivity contribution is 0.0600. The molecule has 0 fully saturated rings. The van der Waals surface area contributed by atoms with Crippen molar-refractivity contribution in [2.45, 2.75) is 6.10 Å². The summed E-state index contributed by atoms with van der Waals surface area (Å²) in [4.78, 5) is 11.5. The van der Waals surface area contributed by atoms with Gasteiger partial charge in [0.1, 0.15) is 18.1 Å². The van der Waals surface area contributed by atoms with E-state index in [1.807, 2.05) is 36.4 Å². The average Bonchev–Trinajstić information content (AvgIpc) is 2.84. The molecule has 0 bridgehead atoms. The number of esters is 1. The van der Waals surface area contributed by atoms with Gasteiger partial charge >= 0.3 is 5.97 Å². The maximum atomic E-state index is 11.5. The first-order valence-corrected chi connectivity index (χ1v) is 12.7. The first kappa shape index (κ1) is 26.0. The molecule has 186 valence electrons. The summed E-state index contributed by atoms with van der Waals surface area (Å²) in [6.07, 6.45) is 0.0783. The van der Waals surface area contributed by atoms with Gasteiger partial charge in [0.05, 0.1) is 30.7 Å². The van der Waals surface area contributed by atoms with Gasteiger partial charge in [-0.3, -0.25) is 4.72 Å². The lowest BCUT2D eigenvalue weighted by Gasteiger charge is -2.15. The topological polar surface area (TPSA) is 134 Å². The van der Waals surface area contributed by atoms with Crippen LogP contribution in [0.25, 0.3) is 11.1 Å². The fourth-order valence-corrected chi connectivity index (χ4v) is 3.86. The molecule has 0 saturated heterocycles. The van der Waals surface area contributed by atoms with Crippen LogP contribution in [0.4, 0.5) is 5.69 Å². The highest BCUT2D eigenvalue weighted by atomic mass is 32.2. The van der Waals surface area contributed by atoms with Gasteiger partial charge in [-0.2, -0.15) is 0 Å². The summed E-state index contributed by atoms with van der Waals surface area (Å²) >= 11 is 0. The molecule has 0 aromatic heterocycles. The number of phenolic OH excluding ortho intramolecular Hbond substituents is 1. The van der Waals surface area contributed by atoms with Crippen LogP contribution in [0.5, 0.6) is 11.5 Å². The summed E-state index contributed by atoms with van der Waals surface area (Å²) in [6, 6.07) is 18.9. The molecule has 1 atom stereocenters. The van der Waals surface area contributed by atoms with Crippen molar-refractivity contribution in [2.24, 2.45) is 0 Å². The van der Waals surface area contributed by atoms with E-state index in [1.54, 1.807) is 12.1 Å². The summed E-state index contributed by atoms with van der Waals surface area (Å²) in [5.74, 6) is 0.0902. The standard InChI is InChI=1S/C25H28N2O7S/c1-33-25(30)19-5-3-17(4-6-19)18-7-10-21(11-8-18)34-14-13-26-16-24(29)20-9-12-23(28)22(15-20)27-35(2,31)32/h3-12,15,24,26-29H,13-14,16H2,1-2H3/t24-/m0/s1.